The minimum absolute atomic E-state index is 0.0160. The topological polar surface area (TPSA) is 66.0 Å². The lowest BCUT2D eigenvalue weighted by Gasteiger charge is -2.16. The van der Waals surface area contributed by atoms with Crippen molar-refractivity contribution in [3.8, 4) is 5.75 Å². The summed E-state index contributed by atoms with van der Waals surface area (Å²) in [5.41, 5.74) is 3.00. The molecular weight excluding hydrogens is 376 g/mol. The quantitative estimate of drug-likeness (QED) is 0.492. The minimum Gasteiger partial charge on any atom is -0.489 e. The Kier molecular flexibility index (Phi) is 9.19. The van der Waals surface area contributed by atoms with Crippen LogP contribution < -0.4 is 15.4 Å². The summed E-state index contributed by atoms with van der Waals surface area (Å²) in [5, 5.41) is 6.62. The van der Waals surface area contributed by atoms with Gasteiger partial charge in [0, 0.05) is 32.7 Å². The molecule has 2 rings (SSSR count). The predicted molar refractivity (Wildman–Crippen MR) is 123 cm³/mol. The Morgan fingerprint density at radius 1 is 1.13 bits per heavy atom. The highest BCUT2D eigenvalue weighted by Gasteiger charge is 2.08. The van der Waals surface area contributed by atoms with Gasteiger partial charge in [0.05, 0.1) is 6.54 Å². The van der Waals surface area contributed by atoms with E-state index in [9.17, 15) is 4.79 Å². The largest absolute Gasteiger partial charge is 0.489 e. The predicted octanol–water partition coefficient (Wildman–Crippen LogP) is 3.26. The molecule has 1 atom stereocenters. The van der Waals surface area contributed by atoms with Gasteiger partial charge in [-0.1, -0.05) is 24.3 Å². The summed E-state index contributed by atoms with van der Waals surface area (Å²) in [7, 11) is 3.53. The second-order valence-corrected chi connectivity index (χ2v) is 7.54. The monoisotopic (exact) mass is 410 g/mol. The highest BCUT2D eigenvalue weighted by Crippen LogP contribution is 2.14. The van der Waals surface area contributed by atoms with Gasteiger partial charge in [-0.15, -0.1) is 0 Å². The molecule has 1 unspecified atom stereocenters. The maximum Gasteiger partial charge on any atom is 0.253 e. The van der Waals surface area contributed by atoms with Crippen molar-refractivity contribution in [1.82, 2.24) is 15.5 Å². The van der Waals surface area contributed by atoms with Crippen LogP contribution in [0.25, 0.3) is 0 Å². The summed E-state index contributed by atoms with van der Waals surface area (Å²) in [6.07, 6.45) is 0.768. The van der Waals surface area contributed by atoms with Gasteiger partial charge in [0.15, 0.2) is 5.96 Å². The fourth-order valence-corrected chi connectivity index (χ4v) is 2.96. The molecule has 30 heavy (non-hydrogen) atoms. The maximum atomic E-state index is 12.1. The van der Waals surface area contributed by atoms with Crippen LogP contribution in [-0.2, 0) is 6.42 Å². The molecule has 1 amide bonds. The molecule has 0 aliphatic carbocycles. The number of carbonyl (C=O) groups is 1. The Morgan fingerprint density at radius 2 is 1.90 bits per heavy atom. The van der Waals surface area contributed by atoms with Crippen LogP contribution in [0.1, 0.15) is 35.3 Å². The summed E-state index contributed by atoms with van der Waals surface area (Å²) >= 11 is 0. The summed E-state index contributed by atoms with van der Waals surface area (Å²) in [6.45, 7) is 8.16. The first kappa shape index (κ1) is 23.3. The molecule has 0 fully saturated rings. The van der Waals surface area contributed by atoms with Crippen molar-refractivity contribution in [2.45, 2.75) is 33.3 Å². The number of amides is 1. The van der Waals surface area contributed by atoms with Crippen molar-refractivity contribution < 1.29 is 9.53 Å². The average molecular weight is 411 g/mol. The second kappa shape index (κ2) is 11.9. The molecule has 0 aliphatic rings. The zero-order valence-corrected chi connectivity index (χ0v) is 18.7. The standard InChI is InChI=1S/C24H34N4O2/c1-6-25-24(27-17-19(3)30-22-12-7-9-18(2)15-22)26-14-13-20-10-8-11-21(16-20)23(29)28(4)5/h7-12,15-16,19H,6,13-14,17H2,1-5H3,(H2,25,26,27). The van der Waals surface area contributed by atoms with E-state index in [1.807, 2.05) is 56.3 Å². The summed E-state index contributed by atoms with van der Waals surface area (Å²) < 4.78 is 5.95. The summed E-state index contributed by atoms with van der Waals surface area (Å²) in [5.74, 6) is 1.64. The normalized spacial score (nSPS) is 12.2. The van der Waals surface area contributed by atoms with Crippen LogP contribution in [0, 0.1) is 6.92 Å². The summed E-state index contributed by atoms with van der Waals surface area (Å²) in [6, 6.07) is 15.8. The van der Waals surface area contributed by atoms with Gasteiger partial charge in [-0.3, -0.25) is 4.79 Å². The maximum absolute atomic E-state index is 12.1. The number of carbonyl (C=O) groups excluding carboxylic acids is 1. The second-order valence-electron chi connectivity index (χ2n) is 7.54. The fourth-order valence-electron chi connectivity index (χ4n) is 2.96. The summed E-state index contributed by atoms with van der Waals surface area (Å²) in [4.78, 5) is 18.4. The van der Waals surface area contributed by atoms with E-state index in [0.717, 1.165) is 36.8 Å². The van der Waals surface area contributed by atoms with Crippen molar-refractivity contribution in [3.63, 3.8) is 0 Å². The third-order valence-corrected chi connectivity index (χ3v) is 4.46. The number of aryl methyl sites for hydroxylation is 1. The highest BCUT2D eigenvalue weighted by atomic mass is 16.5. The fraction of sp³-hybridized carbons (Fsp3) is 0.417. The smallest absolute Gasteiger partial charge is 0.253 e. The Labute approximate surface area is 180 Å². The SMILES string of the molecule is CCNC(=NCC(C)Oc1cccc(C)c1)NCCc1cccc(C(=O)N(C)C)c1. The van der Waals surface area contributed by atoms with Gasteiger partial charge in [0.25, 0.3) is 5.91 Å². The van der Waals surface area contributed by atoms with Gasteiger partial charge in [0.1, 0.15) is 11.9 Å². The molecule has 2 aromatic carbocycles. The molecule has 0 bridgehead atoms. The number of ether oxygens (including phenoxy) is 1. The number of nitrogens with one attached hydrogen (secondary N) is 2. The van der Waals surface area contributed by atoms with Crippen LogP contribution in [-0.4, -0.2) is 56.6 Å². The first-order chi connectivity index (χ1) is 14.4. The lowest BCUT2D eigenvalue weighted by molar-refractivity contribution is 0.0827. The molecule has 0 saturated heterocycles. The zero-order valence-electron chi connectivity index (χ0n) is 18.7. The number of aliphatic imine (C=N–C) groups is 1. The Balaban J connectivity index is 1.87. The molecule has 0 heterocycles. The van der Waals surface area contributed by atoms with Crippen molar-refractivity contribution in [2.24, 2.45) is 4.99 Å². The molecule has 0 aromatic heterocycles. The Bertz CT molecular complexity index is 849. The molecule has 6 heteroatoms. The van der Waals surface area contributed by atoms with Crippen LogP contribution >= 0.6 is 0 Å². The molecule has 6 nitrogen and oxygen atoms in total. The highest BCUT2D eigenvalue weighted by molar-refractivity contribution is 5.94. The molecular formula is C24H34N4O2. The van der Waals surface area contributed by atoms with E-state index in [-0.39, 0.29) is 12.0 Å². The number of guanidine groups is 1. The van der Waals surface area contributed by atoms with E-state index in [2.05, 4.69) is 28.6 Å². The number of hydrogen-bond donors (Lipinski definition) is 2. The zero-order chi connectivity index (χ0) is 21.9. The third-order valence-electron chi connectivity index (χ3n) is 4.46. The van der Waals surface area contributed by atoms with E-state index < -0.39 is 0 Å². The molecule has 0 spiro atoms. The van der Waals surface area contributed by atoms with Crippen LogP contribution in [0.2, 0.25) is 0 Å². The van der Waals surface area contributed by atoms with Gasteiger partial charge < -0.3 is 20.3 Å². The minimum atomic E-state index is -0.0315. The van der Waals surface area contributed by atoms with Gasteiger partial charge in [-0.25, -0.2) is 4.99 Å². The average Bonchev–Trinajstić information content (AvgIpc) is 2.71. The van der Waals surface area contributed by atoms with E-state index in [1.54, 1.807) is 19.0 Å². The first-order valence-corrected chi connectivity index (χ1v) is 10.4. The van der Waals surface area contributed by atoms with Gasteiger partial charge in [0.2, 0.25) is 0 Å². The van der Waals surface area contributed by atoms with E-state index in [1.165, 1.54) is 5.56 Å². The van der Waals surface area contributed by atoms with Crippen molar-refractivity contribution >= 4 is 11.9 Å². The van der Waals surface area contributed by atoms with Crippen LogP contribution in [0.5, 0.6) is 5.75 Å². The molecule has 162 valence electrons. The molecule has 0 radical (unpaired) electrons. The third kappa shape index (κ3) is 7.78. The first-order valence-electron chi connectivity index (χ1n) is 10.4. The lowest BCUT2D eigenvalue weighted by atomic mass is 10.1. The number of rotatable bonds is 9. The van der Waals surface area contributed by atoms with E-state index in [4.69, 9.17) is 4.74 Å². The Morgan fingerprint density at radius 3 is 2.60 bits per heavy atom. The van der Waals surface area contributed by atoms with Gasteiger partial charge in [-0.05, 0) is 62.6 Å². The van der Waals surface area contributed by atoms with Crippen molar-refractivity contribution in [1.29, 1.82) is 0 Å². The molecule has 2 N–H and O–H groups in total. The number of hydrogen-bond acceptors (Lipinski definition) is 3. The van der Waals surface area contributed by atoms with Gasteiger partial charge in [-0.2, -0.15) is 0 Å². The molecule has 0 saturated carbocycles. The van der Waals surface area contributed by atoms with E-state index >= 15 is 0 Å². The van der Waals surface area contributed by atoms with E-state index in [0.29, 0.717) is 12.1 Å². The Hall–Kier alpha value is -3.02. The molecule has 2 aromatic rings. The van der Waals surface area contributed by atoms with Crippen LogP contribution in [0.15, 0.2) is 53.5 Å². The number of benzene rings is 2. The van der Waals surface area contributed by atoms with Gasteiger partial charge >= 0.3 is 0 Å². The lowest BCUT2D eigenvalue weighted by Crippen LogP contribution is -2.39. The number of nitrogens with zero attached hydrogens (tertiary/aromatic N) is 2. The molecule has 0 aliphatic heterocycles. The van der Waals surface area contributed by atoms with Crippen molar-refractivity contribution in [2.75, 3.05) is 33.7 Å². The van der Waals surface area contributed by atoms with Crippen LogP contribution in [0.4, 0.5) is 0 Å². The van der Waals surface area contributed by atoms with Crippen molar-refractivity contribution in [3.05, 3.63) is 65.2 Å². The van der Waals surface area contributed by atoms with Crippen LogP contribution in [0.3, 0.4) is 0 Å².